The summed E-state index contributed by atoms with van der Waals surface area (Å²) in [6.07, 6.45) is 4.85. The molecule has 5 heteroatoms. The molecule has 0 saturated carbocycles. The molecule has 1 aromatic rings. The number of rotatable bonds is 6. The molecule has 1 aromatic heterocycles. The first-order valence-corrected chi connectivity index (χ1v) is 6.25. The van der Waals surface area contributed by atoms with Gasteiger partial charge >= 0.3 is 5.97 Å². The fourth-order valence-electron chi connectivity index (χ4n) is 1.23. The summed E-state index contributed by atoms with van der Waals surface area (Å²) in [6.45, 7) is 2.15. The zero-order valence-corrected chi connectivity index (χ0v) is 10.1. The highest BCUT2D eigenvalue weighted by molar-refractivity contribution is 7.99. The minimum Gasteiger partial charge on any atom is -0.478 e. The highest BCUT2D eigenvalue weighted by Gasteiger charge is 2.07. The summed E-state index contributed by atoms with van der Waals surface area (Å²) in [7, 11) is 0. The predicted molar refractivity (Wildman–Crippen MR) is 65.9 cm³/mol. The number of carboxylic acid groups (broad SMARTS) is 1. The van der Waals surface area contributed by atoms with Gasteiger partial charge in [0.1, 0.15) is 5.03 Å². The maximum Gasteiger partial charge on any atom is 0.337 e. The number of carbonyl (C=O) groups is 1. The van der Waals surface area contributed by atoms with Crippen LogP contribution in [0.3, 0.4) is 0 Å². The van der Waals surface area contributed by atoms with E-state index in [0.29, 0.717) is 5.69 Å². The van der Waals surface area contributed by atoms with Crippen molar-refractivity contribution in [3.8, 4) is 0 Å². The van der Waals surface area contributed by atoms with Crippen molar-refractivity contribution < 1.29 is 9.90 Å². The van der Waals surface area contributed by atoms with Crippen LogP contribution in [-0.2, 0) is 0 Å². The van der Waals surface area contributed by atoms with Gasteiger partial charge in [-0.2, -0.15) is 0 Å². The summed E-state index contributed by atoms with van der Waals surface area (Å²) in [5, 5.41) is 9.47. The van der Waals surface area contributed by atoms with Gasteiger partial charge in [0.25, 0.3) is 0 Å². The molecule has 0 amide bonds. The number of anilines is 1. The molecule has 0 radical (unpaired) electrons. The van der Waals surface area contributed by atoms with Crippen LogP contribution in [0.2, 0.25) is 0 Å². The lowest BCUT2D eigenvalue weighted by Gasteiger charge is -2.04. The number of carboxylic acids is 1. The van der Waals surface area contributed by atoms with Gasteiger partial charge in [-0.05, 0) is 18.2 Å². The van der Waals surface area contributed by atoms with Crippen LogP contribution in [-0.4, -0.2) is 21.8 Å². The molecule has 1 rings (SSSR count). The summed E-state index contributed by atoms with van der Waals surface area (Å²) in [6, 6.07) is 1.46. The van der Waals surface area contributed by atoms with E-state index in [4.69, 9.17) is 10.8 Å². The highest BCUT2D eigenvalue weighted by atomic mass is 32.2. The van der Waals surface area contributed by atoms with Crippen LogP contribution < -0.4 is 5.73 Å². The molecular weight excluding hydrogens is 224 g/mol. The fraction of sp³-hybridized carbons (Fsp3) is 0.455. The van der Waals surface area contributed by atoms with Crippen LogP contribution in [0.5, 0.6) is 0 Å². The monoisotopic (exact) mass is 240 g/mol. The smallest absolute Gasteiger partial charge is 0.337 e. The van der Waals surface area contributed by atoms with Crippen LogP contribution in [0.4, 0.5) is 5.69 Å². The van der Waals surface area contributed by atoms with Gasteiger partial charge in [-0.25, -0.2) is 9.78 Å². The molecule has 0 atom stereocenters. The normalized spacial score (nSPS) is 10.3. The number of nitrogen functional groups attached to an aromatic ring is 1. The number of aromatic nitrogens is 1. The second-order valence-corrected chi connectivity index (χ2v) is 4.56. The van der Waals surface area contributed by atoms with Gasteiger partial charge in [0.05, 0.1) is 11.3 Å². The molecule has 0 aliphatic carbocycles. The molecule has 4 nitrogen and oxygen atoms in total. The van der Waals surface area contributed by atoms with E-state index < -0.39 is 5.97 Å². The van der Waals surface area contributed by atoms with Gasteiger partial charge in [-0.1, -0.05) is 19.8 Å². The number of nitrogens with two attached hydrogens (primary N) is 1. The Labute approximate surface area is 99.3 Å². The second kappa shape index (κ2) is 6.37. The molecule has 0 spiro atoms. The van der Waals surface area contributed by atoms with Gasteiger partial charge in [0, 0.05) is 6.20 Å². The van der Waals surface area contributed by atoms with Gasteiger partial charge in [0.15, 0.2) is 0 Å². The van der Waals surface area contributed by atoms with Gasteiger partial charge < -0.3 is 10.8 Å². The van der Waals surface area contributed by atoms with Crippen molar-refractivity contribution in [3.63, 3.8) is 0 Å². The lowest BCUT2D eigenvalue weighted by molar-refractivity contribution is 0.0696. The van der Waals surface area contributed by atoms with Crippen LogP contribution in [0.15, 0.2) is 17.3 Å². The van der Waals surface area contributed by atoms with Crippen LogP contribution in [0, 0.1) is 0 Å². The molecule has 16 heavy (non-hydrogen) atoms. The number of aromatic carboxylic acids is 1. The third-order valence-corrected chi connectivity index (χ3v) is 3.22. The Balaban J connectivity index is 2.57. The van der Waals surface area contributed by atoms with Crippen molar-refractivity contribution in [2.24, 2.45) is 0 Å². The summed E-state index contributed by atoms with van der Waals surface area (Å²) >= 11 is 1.58. The average molecular weight is 240 g/mol. The van der Waals surface area contributed by atoms with E-state index in [-0.39, 0.29) is 5.56 Å². The Morgan fingerprint density at radius 2 is 2.31 bits per heavy atom. The van der Waals surface area contributed by atoms with E-state index >= 15 is 0 Å². The number of pyridine rings is 1. The zero-order valence-electron chi connectivity index (χ0n) is 9.27. The third-order valence-electron chi connectivity index (χ3n) is 2.11. The number of hydrogen-bond donors (Lipinski definition) is 2. The Morgan fingerprint density at radius 3 is 2.88 bits per heavy atom. The molecule has 0 bridgehead atoms. The number of thioether (sulfide) groups is 1. The van der Waals surface area contributed by atoms with E-state index in [2.05, 4.69) is 11.9 Å². The zero-order chi connectivity index (χ0) is 12.0. The van der Waals surface area contributed by atoms with Crippen molar-refractivity contribution in [2.45, 2.75) is 31.2 Å². The maximum atomic E-state index is 10.7. The first-order valence-electron chi connectivity index (χ1n) is 5.26. The predicted octanol–water partition coefficient (Wildman–Crippen LogP) is 2.64. The number of nitrogens with zero attached hydrogens (tertiary/aromatic N) is 1. The quantitative estimate of drug-likeness (QED) is 0.590. The van der Waals surface area contributed by atoms with Crippen molar-refractivity contribution in [1.82, 2.24) is 4.98 Å². The Hall–Kier alpha value is -1.23. The Kier molecular flexibility index (Phi) is 5.11. The van der Waals surface area contributed by atoms with E-state index in [1.54, 1.807) is 11.8 Å². The van der Waals surface area contributed by atoms with E-state index in [1.165, 1.54) is 25.1 Å². The molecule has 0 fully saturated rings. The molecule has 0 saturated heterocycles. The van der Waals surface area contributed by atoms with Crippen LogP contribution in [0.1, 0.15) is 36.5 Å². The Bertz CT molecular complexity index is 369. The minimum absolute atomic E-state index is 0.135. The summed E-state index contributed by atoms with van der Waals surface area (Å²) in [4.78, 5) is 14.7. The standard InChI is InChI=1S/C11H16N2O2S/c1-2-3-4-5-16-10-9(12)6-8(7-13-10)11(14)15/h6-7H,2-5,12H2,1H3,(H,14,15). The maximum absolute atomic E-state index is 10.7. The van der Waals surface area contributed by atoms with Gasteiger partial charge in [0.2, 0.25) is 0 Å². The van der Waals surface area contributed by atoms with Crippen molar-refractivity contribution in [3.05, 3.63) is 17.8 Å². The average Bonchev–Trinajstić information content (AvgIpc) is 2.26. The topological polar surface area (TPSA) is 76.2 Å². The van der Waals surface area contributed by atoms with Gasteiger partial charge in [-0.3, -0.25) is 0 Å². The SMILES string of the molecule is CCCCCSc1ncc(C(=O)O)cc1N. The molecular formula is C11H16N2O2S. The summed E-state index contributed by atoms with van der Waals surface area (Å²) in [5.41, 5.74) is 6.31. The molecule has 0 aliphatic heterocycles. The number of unbranched alkanes of at least 4 members (excludes halogenated alkanes) is 2. The largest absolute Gasteiger partial charge is 0.478 e. The molecule has 0 aromatic carbocycles. The lowest BCUT2D eigenvalue weighted by Crippen LogP contribution is -2.01. The molecule has 3 N–H and O–H groups in total. The van der Waals surface area contributed by atoms with E-state index in [0.717, 1.165) is 17.2 Å². The fourth-order valence-corrected chi connectivity index (χ4v) is 2.12. The van der Waals surface area contributed by atoms with Crippen LogP contribution >= 0.6 is 11.8 Å². The minimum atomic E-state index is -0.998. The van der Waals surface area contributed by atoms with E-state index in [1.807, 2.05) is 0 Å². The third kappa shape index (κ3) is 3.73. The van der Waals surface area contributed by atoms with E-state index in [9.17, 15) is 4.79 Å². The second-order valence-electron chi connectivity index (χ2n) is 3.48. The Morgan fingerprint density at radius 1 is 1.56 bits per heavy atom. The molecule has 88 valence electrons. The first kappa shape index (κ1) is 12.8. The van der Waals surface area contributed by atoms with Crippen molar-refractivity contribution >= 4 is 23.4 Å². The summed E-state index contributed by atoms with van der Waals surface area (Å²) in [5.74, 6) is -0.0287. The number of hydrogen-bond acceptors (Lipinski definition) is 4. The lowest BCUT2D eigenvalue weighted by atomic mass is 10.3. The van der Waals surface area contributed by atoms with Crippen molar-refractivity contribution in [1.29, 1.82) is 0 Å². The van der Waals surface area contributed by atoms with Crippen molar-refractivity contribution in [2.75, 3.05) is 11.5 Å². The summed E-state index contributed by atoms with van der Waals surface area (Å²) < 4.78 is 0. The highest BCUT2D eigenvalue weighted by Crippen LogP contribution is 2.24. The van der Waals surface area contributed by atoms with Gasteiger partial charge in [-0.15, -0.1) is 11.8 Å². The first-order chi connectivity index (χ1) is 7.65. The molecule has 0 aliphatic rings. The molecule has 0 unspecified atom stereocenters. The van der Waals surface area contributed by atoms with Crippen LogP contribution in [0.25, 0.3) is 0 Å². The molecule has 1 heterocycles.